The van der Waals surface area contributed by atoms with Gasteiger partial charge in [-0.15, -0.1) is 0 Å². The van der Waals surface area contributed by atoms with Crippen LogP contribution in [0.25, 0.3) is 0 Å². The Labute approximate surface area is 180 Å². The summed E-state index contributed by atoms with van der Waals surface area (Å²) in [6, 6.07) is 6.62. The fourth-order valence-corrected chi connectivity index (χ4v) is 3.79. The molecule has 2 N–H and O–H groups in total. The molecular weight excluding hydrogens is 428 g/mol. The van der Waals surface area contributed by atoms with Crippen molar-refractivity contribution in [2.75, 3.05) is 38.0 Å². The average molecular weight is 452 g/mol. The highest BCUT2D eigenvalue weighted by atomic mass is 32.2. The molecule has 0 saturated carbocycles. The van der Waals surface area contributed by atoms with Gasteiger partial charge in [-0.05, 0) is 25.1 Å². The summed E-state index contributed by atoms with van der Waals surface area (Å²) in [7, 11) is -0.247. The predicted octanol–water partition coefficient (Wildman–Crippen LogP) is 2.65. The van der Waals surface area contributed by atoms with E-state index in [1.165, 1.54) is 58.6 Å². The summed E-state index contributed by atoms with van der Waals surface area (Å²) in [6.45, 7) is 3.38. The van der Waals surface area contributed by atoms with Crippen LogP contribution >= 0.6 is 0 Å². The van der Waals surface area contributed by atoms with Gasteiger partial charge in [-0.1, -0.05) is 0 Å². The Morgan fingerprint density at radius 2 is 1.58 bits per heavy atom. The van der Waals surface area contributed by atoms with E-state index in [4.69, 9.17) is 18.9 Å². The average Bonchev–Trinajstić information content (AvgIpc) is 2.73. The summed E-state index contributed by atoms with van der Waals surface area (Å²) >= 11 is 0. The highest BCUT2D eigenvalue weighted by molar-refractivity contribution is 7.92. The normalized spacial score (nSPS) is 10.7. The molecule has 31 heavy (non-hydrogen) atoms. The summed E-state index contributed by atoms with van der Waals surface area (Å²) in [5.41, 5.74) is 0.0499. The van der Waals surface area contributed by atoms with Crippen molar-refractivity contribution in [3.63, 3.8) is 0 Å². The summed E-state index contributed by atoms with van der Waals surface area (Å²) in [6.07, 6.45) is 0. The minimum Gasteiger partial charge on any atom is -0.493 e. The molecule has 0 aliphatic heterocycles. The molecule has 0 fully saturated rings. The molecule has 0 spiro atoms. The monoisotopic (exact) mass is 452 g/mol. The Morgan fingerprint density at radius 1 is 0.935 bits per heavy atom. The highest BCUT2D eigenvalue weighted by Crippen LogP contribution is 2.35. The van der Waals surface area contributed by atoms with Gasteiger partial charge in [0, 0.05) is 19.1 Å². The molecule has 0 aromatic heterocycles. The first kappa shape index (κ1) is 23.8. The Morgan fingerprint density at radius 3 is 2.13 bits per heavy atom. The number of esters is 1. The minimum atomic E-state index is -4.17. The van der Waals surface area contributed by atoms with E-state index in [-0.39, 0.29) is 33.3 Å². The second kappa shape index (κ2) is 10.0. The van der Waals surface area contributed by atoms with E-state index in [0.29, 0.717) is 12.4 Å². The highest BCUT2D eigenvalue weighted by Gasteiger charge is 2.23. The van der Waals surface area contributed by atoms with Crippen LogP contribution in [0.1, 0.15) is 24.2 Å². The van der Waals surface area contributed by atoms with Crippen molar-refractivity contribution in [3.8, 4) is 17.2 Å². The van der Waals surface area contributed by atoms with E-state index >= 15 is 0 Å². The maximum Gasteiger partial charge on any atom is 0.340 e. The first-order valence-electron chi connectivity index (χ1n) is 9.08. The molecule has 2 rings (SSSR count). The van der Waals surface area contributed by atoms with E-state index in [1.807, 2.05) is 0 Å². The van der Waals surface area contributed by atoms with Gasteiger partial charge in [0.25, 0.3) is 10.0 Å². The Kier molecular flexibility index (Phi) is 7.70. The largest absolute Gasteiger partial charge is 0.493 e. The summed E-state index contributed by atoms with van der Waals surface area (Å²) in [5.74, 6) is -0.419. The zero-order chi connectivity index (χ0) is 23.2. The minimum absolute atomic E-state index is 0.0699. The molecule has 0 aliphatic carbocycles. The summed E-state index contributed by atoms with van der Waals surface area (Å²) in [5, 5.41) is 2.54. The third kappa shape index (κ3) is 5.57. The van der Waals surface area contributed by atoms with Gasteiger partial charge in [0.2, 0.25) is 5.91 Å². The van der Waals surface area contributed by atoms with E-state index in [0.717, 1.165) is 0 Å². The Balaban J connectivity index is 2.55. The van der Waals surface area contributed by atoms with Gasteiger partial charge >= 0.3 is 5.97 Å². The van der Waals surface area contributed by atoms with Crippen LogP contribution in [0, 0.1) is 0 Å². The number of carbonyl (C=O) groups excluding carboxylic acids is 2. The molecule has 11 heteroatoms. The maximum absolute atomic E-state index is 13.0. The lowest BCUT2D eigenvalue weighted by Gasteiger charge is -2.16. The lowest BCUT2D eigenvalue weighted by atomic mass is 10.1. The molecule has 0 atom stereocenters. The summed E-state index contributed by atoms with van der Waals surface area (Å²) in [4.78, 5) is 23.5. The molecule has 0 radical (unpaired) electrons. The smallest absolute Gasteiger partial charge is 0.340 e. The van der Waals surface area contributed by atoms with Crippen LogP contribution in [0.5, 0.6) is 17.2 Å². The van der Waals surface area contributed by atoms with Crippen LogP contribution in [0.15, 0.2) is 35.2 Å². The first-order valence-corrected chi connectivity index (χ1v) is 10.6. The van der Waals surface area contributed by atoms with Gasteiger partial charge in [0.15, 0.2) is 11.5 Å². The van der Waals surface area contributed by atoms with Crippen LogP contribution in [0.3, 0.4) is 0 Å². The number of benzene rings is 2. The summed E-state index contributed by atoms with van der Waals surface area (Å²) < 4.78 is 49.0. The molecule has 0 saturated heterocycles. The molecule has 1 amide bonds. The van der Waals surface area contributed by atoms with E-state index in [1.54, 1.807) is 6.92 Å². The van der Waals surface area contributed by atoms with Crippen LogP contribution in [-0.2, 0) is 19.6 Å². The number of rotatable bonds is 9. The first-order chi connectivity index (χ1) is 14.7. The van der Waals surface area contributed by atoms with Crippen molar-refractivity contribution in [1.29, 1.82) is 0 Å². The fraction of sp³-hybridized carbons (Fsp3) is 0.300. The number of anilines is 2. The van der Waals surface area contributed by atoms with Crippen molar-refractivity contribution in [2.24, 2.45) is 0 Å². The number of carbonyl (C=O) groups is 2. The van der Waals surface area contributed by atoms with E-state index in [2.05, 4.69) is 10.0 Å². The topological polar surface area (TPSA) is 129 Å². The second-order valence-corrected chi connectivity index (χ2v) is 7.80. The number of methoxy groups -OCH3 is 3. The maximum atomic E-state index is 13.0. The lowest BCUT2D eigenvalue weighted by Crippen LogP contribution is -2.17. The van der Waals surface area contributed by atoms with Gasteiger partial charge in [-0.3, -0.25) is 9.52 Å². The zero-order valence-corrected chi connectivity index (χ0v) is 18.6. The van der Waals surface area contributed by atoms with Crippen molar-refractivity contribution < 1.29 is 37.0 Å². The van der Waals surface area contributed by atoms with Gasteiger partial charge < -0.3 is 24.3 Å². The third-order valence-corrected chi connectivity index (χ3v) is 5.41. The van der Waals surface area contributed by atoms with E-state index in [9.17, 15) is 18.0 Å². The Hall–Kier alpha value is -3.47. The van der Waals surface area contributed by atoms with Gasteiger partial charge in [-0.25, -0.2) is 13.2 Å². The number of nitrogens with one attached hydrogen (secondary N) is 2. The van der Waals surface area contributed by atoms with Gasteiger partial charge in [-0.2, -0.15) is 0 Å². The van der Waals surface area contributed by atoms with Crippen LogP contribution < -0.4 is 24.2 Å². The SMILES string of the molecule is CCOc1ccc(S(=O)(=O)Nc2cc(OC)c(OC)cc2C(=O)OC)cc1NC(C)=O. The standard InChI is InChI=1S/C20H24N2O8S/c1-6-30-17-8-7-13(9-16(17)21-12(2)23)31(25,26)22-15-11-19(28-4)18(27-3)10-14(15)20(24)29-5/h7-11,22H,6H2,1-5H3,(H,21,23). The second-order valence-electron chi connectivity index (χ2n) is 6.12. The van der Waals surface area contributed by atoms with E-state index < -0.39 is 21.9 Å². The zero-order valence-electron chi connectivity index (χ0n) is 17.8. The molecule has 2 aromatic rings. The molecule has 2 aromatic carbocycles. The van der Waals surface area contributed by atoms with Crippen molar-refractivity contribution >= 4 is 33.3 Å². The third-order valence-electron chi connectivity index (χ3n) is 4.05. The lowest BCUT2D eigenvalue weighted by molar-refractivity contribution is -0.114. The van der Waals surface area contributed by atoms with Gasteiger partial charge in [0.1, 0.15) is 5.75 Å². The molecule has 0 aliphatic rings. The van der Waals surface area contributed by atoms with Crippen LogP contribution in [-0.4, -0.2) is 48.2 Å². The molecule has 0 unspecified atom stereocenters. The van der Waals surface area contributed by atoms with Gasteiger partial charge in [0.05, 0.1) is 49.8 Å². The van der Waals surface area contributed by atoms with Crippen molar-refractivity contribution in [1.82, 2.24) is 0 Å². The Bertz CT molecular complexity index is 1080. The van der Waals surface area contributed by atoms with Crippen LogP contribution in [0.4, 0.5) is 11.4 Å². The predicted molar refractivity (Wildman–Crippen MR) is 114 cm³/mol. The quantitative estimate of drug-likeness (QED) is 0.556. The number of hydrogen-bond donors (Lipinski definition) is 2. The van der Waals surface area contributed by atoms with Crippen LogP contribution in [0.2, 0.25) is 0 Å². The molecule has 0 bridgehead atoms. The number of amides is 1. The molecule has 0 heterocycles. The molecule has 10 nitrogen and oxygen atoms in total. The fourth-order valence-electron chi connectivity index (χ4n) is 2.69. The number of ether oxygens (including phenoxy) is 4. The molecular formula is C20H24N2O8S. The van der Waals surface area contributed by atoms with Crippen molar-refractivity contribution in [3.05, 3.63) is 35.9 Å². The van der Waals surface area contributed by atoms with Crippen molar-refractivity contribution in [2.45, 2.75) is 18.7 Å². The number of hydrogen-bond acceptors (Lipinski definition) is 8. The number of sulfonamides is 1. The molecule has 168 valence electrons.